The predicted molar refractivity (Wildman–Crippen MR) is 109 cm³/mol. The number of aryl methyl sites for hydroxylation is 1. The molecule has 0 saturated heterocycles. The molecule has 2 aromatic heterocycles. The molecule has 0 bridgehead atoms. The van der Waals surface area contributed by atoms with E-state index in [0.717, 1.165) is 35.4 Å². The van der Waals surface area contributed by atoms with Crippen LogP contribution in [0.25, 0.3) is 0 Å². The maximum atomic E-state index is 13.1. The van der Waals surface area contributed by atoms with Gasteiger partial charge in [0, 0.05) is 29.0 Å². The average molecular weight is 377 g/mol. The first kappa shape index (κ1) is 17.4. The molecule has 6 heteroatoms. The second-order valence-electron chi connectivity index (χ2n) is 6.24. The van der Waals surface area contributed by atoms with Crippen LogP contribution >= 0.6 is 11.3 Å². The van der Waals surface area contributed by atoms with Gasteiger partial charge in [0.25, 0.3) is 5.91 Å². The van der Waals surface area contributed by atoms with Crippen molar-refractivity contribution in [1.29, 1.82) is 0 Å². The van der Waals surface area contributed by atoms with Crippen molar-refractivity contribution in [3.8, 4) is 5.75 Å². The van der Waals surface area contributed by atoms with Crippen molar-refractivity contribution < 1.29 is 9.53 Å². The Morgan fingerprint density at radius 2 is 2.15 bits per heavy atom. The molecule has 0 saturated carbocycles. The van der Waals surface area contributed by atoms with E-state index in [0.29, 0.717) is 17.0 Å². The standard InChI is InChI=1S/C21H19N3O2S/c1-26-17-9-3-2-8-16(17)24-20(25)19-15-7-4-10-18(15)27-21(19)23-13-14-6-5-11-22-12-14/h2-3,5-6,8-9,11-13H,4,7,10H2,1H3,(H,24,25)/b23-13+. The van der Waals surface area contributed by atoms with Crippen LogP contribution in [0.4, 0.5) is 10.7 Å². The second kappa shape index (κ2) is 7.72. The fourth-order valence-electron chi connectivity index (χ4n) is 3.23. The van der Waals surface area contributed by atoms with E-state index in [1.807, 2.05) is 36.4 Å². The number of aromatic nitrogens is 1. The maximum Gasteiger partial charge on any atom is 0.259 e. The third-order valence-electron chi connectivity index (χ3n) is 4.50. The number of thiophene rings is 1. The summed E-state index contributed by atoms with van der Waals surface area (Å²) in [6, 6.07) is 11.2. The molecule has 1 aromatic carbocycles. The Bertz CT molecular complexity index is 996. The van der Waals surface area contributed by atoms with Crippen LogP contribution in [0.15, 0.2) is 53.8 Å². The van der Waals surface area contributed by atoms with Crippen LogP contribution in [0.2, 0.25) is 0 Å². The van der Waals surface area contributed by atoms with E-state index in [1.165, 1.54) is 4.88 Å². The van der Waals surface area contributed by atoms with Gasteiger partial charge in [0.1, 0.15) is 10.8 Å². The van der Waals surface area contributed by atoms with Crippen LogP contribution in [0.1, 0.15) is 32.8 Å². The van der Waals surface area contributed by atoms with Crippen molar-refractivity contribution >= 4 is 34.1 Å². The van der Waals surface area contributed by atoms with Crippen LogP contribution in [-0.4, -0.2) is 24.2 Å². The molecular formula is C21H19N3O2S. The number of rotatable bonds is 5. The van der Waals surface area contributed by atoms with E-state index in [-0.39, 0.29) is 5.91 Å². The molecular weight excluding hydrogens is 358 g/mol. The third kappa shape index (κ3) is 3.61. The number of methoxy groups -OCH3 is 1. The minimum absolute atomic E-state index is 0.141. The number of nitrogens with one attached hydrogen (secondary N) is 1. The van der Waals surface area contributed by atoms with E-state index in [1.54, 1.807) is 37.1 Å². The first-order valence-corrected chi connectivity index (χ1v) is 9.61. The number of hydrogen-bond donors (Lipinski definition) is 1. The van der Waals surface area contributed by atoms with Gasteiger partial charge in [-0.15, -0.1) is 11.3 Å². The Kier molecular flexibility index (Phi) is 4.98. The number of carbonyl (C=O) groups excluding carboxylic acids is 1. The molecule has 1 aliphatic carbocycles. The van der Waals surface area contributed by atoms with Gasteiger partial charge in [0.05, 0.1) is 18.4 Å². The highest BCUT2D eigenvalue weighted by atomic mass is 32.1. The summed E-state index contributed by atoms with van der Waals surface area (Å²) in [4.78, 5) is 23.1. The van der Waals surface area contributed by atoms with Crippen molar-refractivity contribution in [1.82, 2.24) is 4.98 Å². The number of amides is 1. The molecule has 0 aliphatic heterocycles. The lowest BCUT2D eigenvalue weighted by atomic mass is 10.1. The van der Waals surface area contributed by atoms with Gasteiger partial charge in [0.15, 0.2) is 0 Å². The zero-order valence-electron chi connectivity index (χ0n) is 14.9. The first-order valence-electron chi connectivity index (χ1n) is 8.79. The van der Waals surface area contributed by atoms with Gasteiger partial charge in [0.2, 0.25) is 0 Å². The van der Waals surface area contributed by atoms with Gasteiger partial charge >= 0.3 is 0 Å². The van der Waals surface area contributed by atoms with Crippen LogP contribution < -0.4 is 10.1 Å². The predicted octanol–water partition coefficient (Wildman–Crippen LogP) is 4.64. The second-order valence-corrected chi connectivity index (χ2v) is 7.32. The number of aliphatic imine (C=N–C) groups is 1. The molecule has 0 spiro atoms. The largest absolute Gasteiger partial charge is 0.495 e. The highest BCUT2D eigenvalue weighted by Gasteiger charge is 2.26. The SMILES string of the molecule is COc1ccccc1NC(=O)c1c(/N=C/c2cccnc2)sc2c1CCC2. The van der Waals surface area contributed by atoms with Crippen molar-refractivity contribution in [3.05, 3.63) is 70.4 Å². The maximum absolute atomic E-state index is 13.1. The van der Waals surface area contributed by atoms with Gasteiger partial charge in [-0.3, -0.25) is 9.78 Å². The molecule has 1 N–H and O–H groups in total. The Hall–Kier alpha value is -2.99. The van der Waals surface area contributed by atoms with Gasteiger partial charge in [-0.25, -0.2) is 4.99 Å². The van der Waals surface area contributed by atoms with Crippen molar-refractivity contribution in [2.75, 3.05) is 12.4 Å². The van der Waals surface area contributed by atoms with Crippen molar-refractivity contribution in [3.63, 3.8) is 0 Å². The Morgan fingerprint density at radius 3 is 2.96 bits per heavy atom. The number of nitrogens with zero attached hydrogens (tertiary/aromatic N) is 2. The molecule has 0 fully saturated rings. The third-order valence-corrected chi connectivity index (χ3v) is 5.70. The lowest BCUT2D eigenvalue weighted by Gasteiger charge is -2.10. The molecule has 4 rings (SSSR count). The number of fused-ring (bicyclic) bond motifs is 1. The fourth-order valence-corrected chi connectivity index (χ4v) is 4.46. The summed E-state index contributed by atoms with van der Waals surface area (Å²) < 4.78 is 5.34. The van der Waals surface area contributed by atoms with E-state index in [9.17, 15) is 4.79 Å². The minimum Gasteiger partial charge on any atom is -0.495 e. The van der Waals surface area contributed by atoms with Crippen LogP contribution in [0, 0.1) is 0 Å². The molecule has 3 aromatic rings. The molecule has 0 radical (unpaired) electrons. The number of carbonyl (C=O) groups is 1. The first-order chi connectivity index (χ1) is 13.3. The highest BCUT2D eigenvalue weighted by Crippen LogP contribution is 2.41. The van der Waals surface area contributed by atoms with Crippen LogP contribution in [0.3, 0.4) is 0 Å². The molecule has 1 aliphatic rings. The molecule has 136 valence electrons. The number of ether oxygens (including phenoxy) is 1. The van der Waals surface area contributed by atoms with Crippen LogP contribution in [0.5, 0.6) is 5.75 Å². The lowest BCUT2D eigenvalue weighted by Crippen LogP contribution is -2.13. The zero-order valence-corrected chi connectivity index (χ0v) is 15.8. The Labute approximate surface area is 161 Å². The van der Waals surface area contributed by atoms with E-state index in [4.69, 9.17) is 4.74 Å². The molecule has 0 atom stereocenters. The van der Waals surface area contributed by atoms with Gasteiger partial charge in [-0.2, -0.15) is 0 Å². The van der Waals surface area contributed by atoms with Crippen molar-refractivity contribution in [2.24, 2.45) is 4.99 Å². The summed E-state index contributed by atoms with van der Waals surface area (Å²) in [5, 5.41) is 3.73. The van der Waals surface area contributed by atoms with Gasteiger partial charge in [-0.1, -0.05) is 18.2 Å². The summed E-state index contributed by atoms with van der Waals surface area (Å²) in [6.45, 7) is 0. The summed E-state index contributed by atoms with van der Waals surface area (Å²) in [5.74, 6) is 0.496. The molecule has 2 heterocycles. The summed E-state index contributed by atoms with van der Waals surface area (Å²) in [5.41, 5.74) is 3.37. The zero-order chi connectivity index (χ0) is 18.6. The average Bonchev–Trinajstić information content (AvgIpc) is 3.28. The lowest BCUT2D eigenvalue weighted by molar-refractivity contribution is 0.102. The quantitative estimate of drug-likeness (QED) is 0.659. The van der Waals surface area contributed by atoms with Crippen LogP contribution in [-0.2, 0) is 12.8 Å². The number of benzene rings is 1. The molecule has 27 heavy (non-hydrogen) atoms. The molecule has 0 unspecified atom stereocenters. The highest BCUT2D eigenvalue weighted by molar-refractivity contribution is 7.16. The van der Waals surface area contributed by atoms with E-state index < -0.39 is 0 Å². The van der Waals surface area contributed by atoms with Gasteiger partial charge < -0.3 is 10.1 Å². The molecule has 5 nitrogen and oxygen atoms in total. The Morgan fingerprint density at radius 1 is 1.26 bits per heavy atom. The minimum atomic E-state index is -0.141. The number of hydrogen-bond acceptors (Lipinski definition) is 5. The summed E-state index contributed by atoms with van der Waals surface area (Å²) in [6.07, 6.45) is 8.25. The van der Waals surface area contributed by atoms with Crippen molar-refractivity contribution in [2.45, 2.75) is 19.3 Å². The normalized spacial score (nSPS) is 12.9. The summed E-state index contributed by atoms with van der Waals surface area (Å²) in [7, 11) is 1.59. The fraction of sp³-hybridized carbons (Fsp3) is 0.190. The van der Waals surface area contributed by atoms with Gasteiger partial charge in [-0.05, 0) is 43.0 Å². The van der Waals surface area contributed by atoms with E-state index >= 15 is 0 Å². The smallest absolute Gasteiger partial charge is 0.259 e. The number of para-hydroxylation sites is 2. The number of anilines is 1. The topological polar surface area (TPSA) is 63.6 Å². The molecule has 1 amide bonds. The van der Waals surface area contributed by atoms with E-state index in [2.05, 4.69) is 15.3 Å². The Balaban J connectivity index is 1.67. The summed E-state index contributed by atoms with van der Waals surface area (Å²) >= 11 is 1.61. The number of pyridine rings is 1. The monoisotopic (exact) mass is 377 g/mol.